The topological polar surface area (TPSA) is 58.1 Å². The van der Waals surface area contributed by atoms with E-state index in [0.717, 1.165) is 27.5 Å². The normalized spacial score (nSPS) is 12.5. The number of aliphatic hydroxyl groups is 1. The molecule has 1 heterocycles. The highest BCUT2D eigenvalue weighted by molar-refractivity contribution is 7.99. The number of aromatic amines is 1. The first kappa shape index (κ1) is 17.1. The maximum absolute atomic E-state index is 10.1. The van der Waals surface area contributed by atoms with Crippen LogP contribution in [0.2, 0.25) is 5.02 Å². The number of fused-ring (bicyclic) bond motifs is 1. The number of imidazole rings is 1. The van der Waals surface area contributed by atoms with Crippen molar-refractivity contribution in [3.05, 3.63) is 52.5 Å². The van der Waals surface area contributed by atoms with Crippen molar-refractivity contribution in [2.75, 3.05) is 12.4 Å². The van der Waals surface area contributed by atoms with Crippen LogP contribution in [0.15, 0.2) is 41.6 Å². The zero-order valence-electron chi connectivity index (χ0n) is 13.5. The largest absolute Gasteiger partial charge is 0.491 e. The Labute approximate surface area is 150 Å². The van der Waals surface area contributed by atoms with Gasteiger partial charge in [0.05, 0.1) is 17.1 Å². The lowest BCUT2D eigenvalue weighted by atomic mass is 10.2. The number of ether oxygens (including phenoxy) is 1. The first-order chi connectivity index (χ1) is 11.5. The van der Waals surface area contributed by atoms with Gasteiger partial charge in [0.2, 0.25) is 0 Å². The average molecular weight is 363 g/mol. The third-order valence-electron chi connectivity index (χ3n) is 3.62. The third-order valence-corrected chi connectivity index (χ3v) is 5.04. The van der Waals surface area contributed by atoms with Crippen molar-refractivity contribution in [3.8, 4) is 5.75 Å². The van der Waals surface area contributed by atoms with Gasteiger partial charge in [-0.2, -0.15) is 0 Å². The van der Waals surface area contributed by atoms with E-state index in [9.17, 15) is 5.11 Å². The smallest absolute Gasteiger partial charge is 0.166 e. The molecule has 1 aromatic heterocycles. The van der Waals surface area contributed by atoms with E-state index in [0.29, 0.717) is 10.8 Å². The van der Waals surface area contributed by atoms with E-state index < -0.39 is 6.10 Å². The molecular formula is C18H19ClN2O2S. The van der Waals surface area contributed by atoms with E-state index in [4.69, 9.17) is 16.3 Å². The molecule has 0 spiro atoms. The molecule has 0 saturated heterocycles. The summed E-state index contributed by atoms with van der Waals surface area (Å²) in [6.45, 7) is 4.24. The fourth-order valence-electron chi connectivity index (χ4n) is 2.23. The van der Waals surface area contributed by atoms with E-state index in [1.165, 1.54) is 17.3 Å². The number of aryl methyl sites for hydroxylation is 2. The molecule has 0 aliphatic carbocycles. The van der Waals surface area contributed by atoms with Gasteiger partial charge >= 0.3 is 0 Å². The second-order valence-corrected chi connectivity index (χ2v) is 7.17. The molecule has 0 aliphatic rings. The minimum absolute atomic E-state index is 0.251. The summed E-state index contributed by atoms with van der Waals surface area (Å²) >= 11 is 7.58. The first-order valence-corrected chi connectivity index (χ1v) is 9.04. The van der Waals surface area contributed by atoms with Gasteiger partial charge in [-0.3, -0.25) is 0 Å². The van der Waals surface area contributed by atoms with E-state index in [2.05, 4.69) is 9.97 Å². The third kappa shape index (κ3) is 4.23. The van der Waals surface area contributed by atoms with Crippen LogP contribution in [0.5, 0.6) is 5.75 Å². The summed E-state index contributed by atoms with van der Waals surface area (Å²) in [4.78, 5) is 7.73. The van der Waals surface area contributed by atoms with Crippen molar-refractivity contribution < 1.29 is 9.84 Å². The molecule has 0 aliphatic heterocycles. The number of benzene rings is 2. The molecule has 2 aromatic carbocycles. The van der Waals surface area contributed by atoms with Crippen molar-refractivity contribution in [1.82, 2.24) is 9.97 Å². The summed E-state index contributed by atoms with van der Waals surface area (Å²) in [5.41, 5.74) is 3.97. The zero-order chi connectivity index (χ0) is 17.1. The van der Waals surface area contributed by atoms with Crippen LogP contribution in [0.4, 0.5) is 0 Å². The van der Waals surface area contributed by atoms with Crippen LogP contribution in [0.1, 0.15) is 11.1 Å². The number of nitrogens with one attached hydrogen (secondary N) is 1. The van der Waals surface area contributed by atoms with Crippen LogP contribution in [-0.4, -0.2) is 33.5 Å². The van der Waals surface area contributed by atoms with Gasteiger partial charge in [0.1, 0.15) is 12.4 Å². The van der Waals surface area contributed by atoms with Crippen molar-refractivity contribution in [3.63, 3.8) is 0 Å². The molecule has 0 fully saturated rings. The molecule has 126 valence electrons. The van der Waals surface area contributed by atoms with Crippen LogP contribution in [-0.2, 0) is 0 Å². The minimum atomic E-state index is -0.574. The molecule has 0 saturated carbocycles. The maximum Gasteiger partial charge on any atom is 0.166 e. The molecule has 0 bridgehead atoms. The predicted octanol–water partition coefficient (Wildman–Crippen LogP) is 4.37. The molecule has 3 rings (SSSR count). The second-order valence-electron chi connectivity index (χ2n) is 5.75. The summed E-state index contributed by atoms with van der Waals surface area (Å²) in [6.07, 6.45) is -0.574. The van der Waals surface area contributed by atoms with Crippen LogP contribution in [0, 0.1) is 13.8 Å². The number of aliphatic hydroxyl groups excluding tert-OH is 1. The fourth-order valence-corrected chi connectivity index (χ4v) is 3.18. The van der Waals surface area contributed by atoms with Gasteiger partial charge in [-0.1, -0.05) is 41.1 Å². The monoisotopic (exact) mass is 362 g/mol. The van der Waals surface area contributed by atoms with Crippen molar-refractivity contribution in [2.45, 2.75) is 25.1 Å². The van der Waals surface area contributed by atoms with Gasteiger partial charge < -0.3 is 14.8 Å². The lowest BCUT2D eigenvalue weighted by Gasteiger charge is -2.11. The second kappa shape index (κ2) is 7.47. The Bertz CT molecular complexity index is 794. The quantitative estimate of drug-likeness (QED) is 0.639. The molecular weight excluding hydrogens is 344 g/mol. The van der Waals surface area contributed by atoms with E-state index >= 15 is 0 Å². The van der Waals surface area contributed by atoms with Gasteiger partial charge in [0.15, 0.2) is 5.16 Å². The van der Waals surface area contributed by atoms with Gasteiger partial charge in [-0.15, -0.1) is 0 Å². The molecule has 0 radical (unpaired) electrons. The molecule has 4 nitrogen and oxygen atoms in total. The number of aromatic nitrogens is 2. The predicted molar refractivity (Wildman–Crippen MR) is 99.2 cm³/mol. The maximum atomic E-state index is 10.1. The fraction of sp³-hybridized carbons (Fsp3) is 0.278. The van der Waals surface area contributed by atoms with Crippen LogP contribution < -0.4 is 4.74 Å². The Morgan fingerprint density at radius 3 is 2.75 bits per heavy atom. The van der Waals surface area contributed by atoms with E-state index in [1.807, 2.05) is 50.2 Å². The number of hydrogen-bond acceptors (Lipinski definition) is 4. The van der Waals surface area contributed by atoms with Gasteiger partial charge in [0, 0.05) is 10.8 Å². The molecule has 24 heavy (non-hydrogen) atoms. The molecule has 1 atom stereocenters. The summed E-state index contributed by atoms with van der Waals surface area (Å²) < 4.78 is 5.59. The van der Waals surface area contributed by atoms with Crippen molar-refractivity contribution >= 4 is 34.4 Å². The van der Waals surface area contributed by atoms with Gasteiger partial charge in [-0.05, 0) is 43.7 Å². The number of halogens is 1. The number of nitrogens with zero attached hydrogens (tertiary/aromatic N) is 1. The highest BCUT2D eigenvalue weighted by atomic mass is 35.5. The minimum Gasteiger partial charge on any atom is -0.491 e. The van der Waals surface area contributed by atoms with Crippen molar-refractivity contribution in [2.24, 2.45) is 0 Å². The van der Waals surface area contributed by atoms with Crippen molar-refractivity contribution in [1.29, 1.82) is 0 Å². The number of H-pyrrole nitrogens is 1. The number of hydrogen-bond donors (Lipinski definition) is 2. The lowest BCUT2D eigenvalue weighted by molar-refractivity contribution is 0.126. The average Bonchev–Trinajstić information content (AvgIpc) is 2.94. The summed E-state index contributed by atoms with van der Waals surface area (Å²) in [6, 6.07) is 11.6. The van der Waals surface area contributed by atoms with E-state index in [-0.39, 0.29) is 6.61 Å². The van der Waals surface area contributed by atoms with E-state index in [1.54, 1.807) is 0 Å². The molecule has 3 aromatic rings. The number of rotatable bonds is 6. The van der Waals surface area contributed by atoms with Crippen LogP contribution in [0.3, 0.4) is 0 Å². The lowest BCUT2D eigenvalue weighted by Crippen LogP contribution is -2.20. The Morgan fingerprint density at radius 2 is 2.00 bits per heavy atom. The number of thioether (sulfide) groups is 1. The highest BCUT2D eigenvalue weighted by Gasteiger charge is 2.10. The Hall–Kier alpha value is -1.69. The summed E-state index contributed by atoms with van der Waals surface area (Å²) in [5.74, 6) is 1.26. The summed E-state index contributed by atoms with van der Waals surface area (Å²) in [5, 5.41) is 11.6. The molecule has 0 amide bonds. The Morgan fingerprint density at radius 1 is 1.25 bits per heavy atom. The summed E-state index contributed by atoms with van der Waals surface area (Å²) in [7, 11) is 0. The Kier molecular flexibility index (Phi) is 5.33. The zero-order valence-corrected chi connectivity index (χ0v) is 15.1. The standard InChI is InChI=1S/C18H19ClN2O2S/c1-11-3-5-14(6-4-11)23-9-13(22)10-24-18-20-16-7-12(2)15(19)8-17(16)21-18/h3-8,13,22H,9-10H2,1-2H3,(H,20,21). The van der Waals surface area contributed by atoms with Gasteiger partial charge in [-0.25, -0.2) is 4.98 Å². The SMILES string of the molecule is Cc1ccc(OCC(O)CSc2nc3cc(Cl)c(C)cc3[nH]2)cc1. The van der Waals surface area contributed by atoms with Gasteiger partial charge in [0.25, 0.3) is 0 Å². The molecule has 6 heteroatoms. The molecule has 1 unspecified atom stereocenters. The first-order valence-electron chi connectivity index (χ1n) is 7.67. The highest BCUT2D eigenvalue weighted by Crippen LogP contribution is 2.25. The van der Waals surface area contributed by atoms with Crippen LogP contribution in [0.25, 0.3) is 11.0 Å². The Balaban J connectivity index is 1.54. The molecule has 2 N–H and O–H groups in total. The van der Waals surface area contributed by atoms with Crippen LogP contribution >= 0.6 is 23.4 Å².